The van der Waals surface area contributed by atoms with Gasteiger partial charge in [-0.1, -0.05) is 53.8 Å². The van der Waals surface area contributed by atoms with E-state index in [9.17, 15) is 4.79 Å². The standard InChI is InChI=1S/C19H16N4OS2/c1-23-15-9-5-6-10-16(15)26-19(23)22-21-17(24)11-14-12-25-18(20-14)13-7-3-2-4-8-13/h2-10,12H,11H2,1H3,(H,21,24)/b22-19-. The van der Waals surface area contributed by atoms with Crippen LogP contribution in [-0.4, -0.2) is 15.5 Å². The number of nitrogens with zero attached hydrogens (tertiary/aromatic N) is 3. The molecule has 1 amide bonds. The first-order valence-electron chi connectivity index (χ1n) is 8.07. The lowest BCUT2D eigenvalue weighted by molar-refractivity contribution is -0.120. The molecular weight excluding hydrogens is 364 g/mol. The molecule has 0 fully saturated rings. The van der Waals surface area contributed by atoms with Gasteiger partial charge in [0.1, 0.15) is 5.01 Å². The van der Waals surface area contributed by atoms with Gasteiger partial charge in [-0.2, -0.15) is 0 Å². The zero-order valence-electron chi connectivity index (χ0n) is 14.0. The first-order chi connectivity index (χ1) is 12.7. The van der Waals surface area contributed by atoms with Crippen molar-refractivity contribution in [2.24, 2.45) is 12.1 Å². The molecule has 130 valence electrons. The summed E-state index contributed by atoms with van der Waals surface area (Å²) in [5.74, 6) is -0.174. The Kier molecular flexibility index (Phi) is 4.64. The summed E-state index contributed by atoms with van der Waals surface area (Å²) in [6, 6.07) is 18.0. The van der Waals surface area contributed by atoms with Crippen LogP contribution in [0, 0.1) is 0 Å². The van der Waals surface area contributed by atoms with Crippen LogP contribution in [0.15, 0.2) is 65.1 Å². The maximum Gasteiger partial charge on any atom is 0.246 e. The van der Waals surface area contributed by atoms with Crippen LogP contribution in [0.3, 0.4) is 0 Å². The Morgan fingerprint density at radius 1 is 1.15 bits per heavy atom. The average molecular weight is 380 g/mol. The van der Waals surface area contributed by atoms with Crippen LogP contribution in [0.5, 0.6) is 0 Å². The fourth-order valence-electron chi connectivity index (χ4n) is 2.60. The largest absolute Gasteiger partial charge is 0.318 e. The van der Waals surface area contributed by atoms with Crippen molar-refractivity contribution < 1.29 is 4.79 Å². The third-order valence-electron chi connectivity index (χ3n) is 3.91. The van der Waals surface area contributed by atoms with E-state index in [0.29, 0.717) is 0 Å². The topological polar surface area (TPSA) is 59.3 Å². The fraction of sp³-hybridized carbons (Fsp3) is 0.105. The number of aryl methyl sites for hydroxylation is 1. The van der Waals surface area contributed by atoms with E-state index in [1.165, 1.54) is 0 Å². The summed E-state index contributed by atoms with van der Waals surface area (Å²) in [5, 5.41) is 7.10. The Hall–Kier alpha value is -2.77. The van der Waals surface area contributed by atoms with Crippen LogP contribution in [0.25, 0.3) is 20.8 Å². The number of hydrogen-bond acceptors (Lipinski definition) is 5. The van der Waals surface area contributed by atoms with Crippen LogP contribution in [0.2, 0.25) is 0 Å². The third-order valence-corrected chi connectivity index (χ3v) is 5.96. The van der Waals surface area contributed by atoms with Gasteiger partial charge in [0.25, 0.3) is 0 Å². The van der Waals surface area contributed by atoms with Gasteiger partial charge in [-0.05, 0) is 12.1 Å². The van der Waals surface area contributed by atoms with Gasteiger partial charge in [-0.3, -0.25) is 4.79 Å². The SMILES string of the molecule is Cn1/c(=N/NC(=O)Cc2csc(-c3ccccc3)n2)sc2ccccc21. The molecule has 2 aromatic heterocycles. The second kappa shape index (κ2) is 7.23. The Bertz CT molecular complexity index is 1130. The van der Waals surface area contributed by atoms with Crippen molar-refractivity contribution in [2.75, 3.05) is 0 Å². The van der Waals surface area contributed by atoms with E-state index >= 15 is 0 Å². The fourth-order valence-corrected chi connectivity index (χ4v) is 4.41. The summed E-state index contributed by atoms with van der Waals surface area (Å²) < 4.78 is 3.10. The summed E-state index contributed by atoms with van der Waals surface area (Å²) in [5.41, 5.74) is 5.55. The summed E-state index contributed by atoms with van der Waals surface area (Å²) in [6.07, 6.45) is 0.210. The Morgan fingerprint density at radius 3 is 2.73 bits per heavy atom. The molecule has 26 heavy (non-hydrogen) atoms. The van der Waals surface area contributed by atoms with Gasteiger partial charge in [0, 0.05) is 18.0 Å². The number of carbonyl (C=O) groups excluding carboxylic acids is 1. The van der Waals surface area contributed by atoms with Crippen LogP contribution in [-0.2, 0) is 18.3 Å². The van der Waals surface area contributed by atoms with Crippen molar-refractivity contribution in [3.63, 3.8) is 0 Å². The third kappa shape index (κ3) is 3.44. The Morgan fingerprint density at radius 2 is 1.92 bits per heavy atom. The van der Waals surface area contributed by atoms with E-state index in [2.05, 4.69) is 15.5 Å². The monoisotopic (exact) mass is 380 g/mol. The Labute approximate surface area is 158 Å². The van der Waals surface area contributed by atoms with Crippen molar-refractivity contribution in [2.45, 2.75) is 6.42 Å². The van der Waals surface area contributed by atoms with Crippen molar-refractivity contribution >= 4 is 38.8 Å². The summed E-state index contributed by atoms with van der Waals surface area (Å²) in [6.45, 7) is 0. The predicted molar refractivity (Wildman–Crippen MR) is 106 cm³/mol. The van der Waals surface area contributed by atoms with Gasteiger partial charge < -0.3 is 4.57 Å². The van der Waals surface area contributed by atoms with Gasteiger partial charge in [-0.25, -0.2) is 10.4 Å². The zero-order valence-corrected chi connectivity index (χ0v) is 15.7. The van der Waals surface area contributed by atoms with Crippen molar-refractivity contribution in [3.8, 4) is 10.6 Å². The number of hydrogen-bond donors (Lipinski definition) is 1. The highest BCUT2D eigenvalue weighted by Gasteiger charge is 2.09. The van der Waals surface area contributed by atoms with E-state index in [-0.39, 0.29) is 12.3 Å². The minimum Gasteiger partial charge on any atom is -0.318 e. The molecule has 0 atom stereocenters. The van der Waals surface area contributed by atoms with Crippen LogP contribution < -0.4 is 10.2 Å². The molecule has 4 rings (SSSR count). The van der Waals surface area contributed by atoms with Crippen molar-refractivity contribution in [1.29, 1.82) is 0 Å². The first kappa shape index (κ1) is 16.7. The maximum absolute atomic E-state index is 12.2. The lowest BCUT2D eigenvalue weighted by Gasteiger charge is -1.98. The minimum absolute atomic E-state index is 0.174. The van der Waals surface area contributed by atoms with Crippen molar-refractivity contribution in [1.82, 2.24) is 15.0 Å². The molecule has 0 unspecified atom stereocenters. The normalized spacial score (nSPS) is 11.8. The summed E-state index contributed by atoms with van der Waals surface area (Å²) in [7, 11) is 1.94. The van der Waals surface area contributed by atoms with E-state index in [1.54, 1.807) is 22.7 Å². The second-order valence-electron chi connectivity index (χ2n) is 5.74. The maximum atomic E-state index is 12.2. The highest BCUT2D eigenvalue weighted by Crippen LogP contribution is 2.23. The van der Waals surface area contributed by atoms with E-state index in [1.807, 2.05) is 71.6 Å². The zero-order chi connectivity index (χ0) is 17.9. The highest BCUT2D eigenvalue weighted by molar-refractivity contribution is 7.16. The van der Waals surface area contributed by atoms with E-state index < -0.39 is 0 Å². The molecule has 0 saturated carbocycles. The van der Waals surface area contributed by atoms with E-state index in [0.717, 1.165) is 31.3 Å². The lowest BCUT2D eigenvalue weighted by atomic mass is 10.2. The van der Waals surface area contributed by atoms with Gasteiger partial charge in [0.05, 0.1) is 22.3 Å². The van der Waals surface area contributed by atoms with Crippen LogP contribution >= 0.6 is 22.7 Å². The number of aromatic nitrogens is 2. The quantitative estimate of drug-likeness (QED) is 0.551. The molecule has 0 aliphatic carbocycles. The van der Waals surface area contributed by atoms with Crippen LogP contribution in [0.4, 0.5) is 0 Å². The molecule has 7 heteroatoms. The summed E-state index contributed by atoms with van der Waals surface area (Å²) >= 11 is 3.08. The highest BCUT2D eigenvalue weighted by atomic mass is 32.1. The number of para-hydroxylation sites is 1. The number of rotatable bonds is 4. The number of thiazole rings is 2. The molecule has 4 aromatic rings. The molecular formula is C19H16N4OS2. The number of carbonyl (C=O) groups is 1. The minimum atomic E-state index is -0.174. The second-order valence-corrected chi connectivity index (χ2v) is 7.61. The molecule has 5 nitrogen and oxygen atoms in total. The molecule has 2 aromatic carbocycles. The molecule has 0 aliphatic heterocycles. The number of amides is 1. The van der Waals surface area contributed by atoms with Crippen molar-refractivity contribution in [3.05, 3.63) is 70.5 Å². The molecule has 0 bridgehead atoms. The summed E-state index contributed by atoms with van der Waals surface area (Å²) in [4.78, 5) is 17.5. The average Bonchev–Trinajstić information content (AvgIpc) is 3.26. The molecule has 2 heterocycles. The molecule has 0 spiro atoms. The number of benzene rings is 2. The number of nitrogens with one attached hydrogen (secondary N) is 1. The first-order valence-corrected chi connectivity index (χ1v) is 9.77. The number of fused-ring (bicyclic) bond motifs is 1. The van der Waals surface area contributed by atoms with Gasteiger partial charge in [-0.15, -0.1) is 16.4 Å². The Balaban J connectivity index is 1.47. The molecule has 0 saturated heterocycles. The van der Waals surface area contributed by atoms with E-state index in [4.69, 9.17) is 0 Å². The predicted octanol–water partition coefficient (Wildman–Crippen LogP) is 3.54. The molecule has 0 aliphatic rings. The lowest BCUT2D eigenvalue weighted by Crippen LogP contribution is -2.24. The van der Waals surface area contributed by atoms with Gasteiger partial charge >= 0.3 is 0 Å². The molecule has 1 N–H and O–H groups in total. The van der Waals surface area contributed by atoms with Gasteiger partial charge in [0.2, 0.25) is 10.7 Å². The van der Waals surface area contributed by atoms with Crippen LogP contribution in [0.1, 0.15) is 5.69 Å². The van der Waals surface area contributed by atoms with Gasteiger partial charge in [0.15, 0.2) is 0 Å². The molecule has 0 radical (unpaired) electrons. The smallest absolute Gasteiger partial charge is 0.246 e.